The van der Waals surface area contributed by atoms with E-state index in [9.17, 15) is 19.0 Å². The number of unbranched alkanes of at least 4 members (excludes halogenated alkanes) is 2. The van der Waals surface area contributed by atoms with Gasteiger partial charge in [0.05, 0.1) is 37.6 Å². The van der Waals surface area contributed by atoms with Crippen molar-refractivity contribution in [1.29, 1.82) is 0 Å². The molecule has 8 nitrogen and oxygen atoms in total. The average Bonchev–Trinajstić information content (AvgIpc) is 2.79. The van der Waals surface area contributed by atoms with Gasteiger partial charge >= 0.3 is 19.8 Å². The minimum Gasteiger partial charge on any atom is -0.462 e. The highest BCUT2D eigenvalue weighted by atomic mass is 31.2. The molecule has 9 heteroatoms. The average molecular weight is 450 g/mol. The van der Waals surface area contributed by atoms with Gasteiger partial charge in [-0.05, 0) is 49.9 Å². The molecule has 0 unspecified atom stereocenters. The molecular weight excluding hydrogens is 423 g/mol. The molecule has 0 spiro atoms. The SMILES string of the molecule is O=C(OCCCCOP(=O)(O)OCCCCOC(=O)c1ccccc1)c1ccccc1. The molecule has 0 heterocycles. The maximum absolute atomic E-state index is 11.8. The Hall–Kier alpha value is -2.51. The van der Waals surface area contributed by atoms with Crippen LogP contribution in [0.3, 0.4) is 0 Å². The summed E-state index contributed by atoms with van der Waals surface area (Å²) in [6, 6.07) is 17.3. The van der Waals surface area contributed by atoms with Gasteiger partial charge in [0.25, 0.3) is 0 Å². The molecule has 168 valence electrons. The van der Waals surface area contributed by atoms with Crippen molar-refractivity contribution in [2.45, 2.75) is 25.7 Å². The standard InChI is InChI=1S/C22H27O8P/c23-21(19-11-3-1-4-12-19)27-15-7-9-17-29-31(25,26)30-18-10-8-16-28-22(24)20-13-5-2-6-14-20/h1-6,11-14H,7-10,15-18H2,(H,25,26). The Morgan fingerprint density at radius 2 is 1.00 bits per heavy atom. The lowest BCUT2D eigenvalue weighted by Gasteiger charge is -2.12. The summed E-state index contributed by atoms with van der Waals surface area (Å²) >= 11 is 0. The fourth-order valence-corrected chi connectivity index (χ4v) is 3.24. The second kappa shape index (κ2) is 13.7. The van der Waals surface area contributed by atoms with Gasteiger partial charge < -0.3 is 14.4 Å². The van der Waals surface area contributed by atoms with Crippen LogP contribution in [0, 0.1) is 0 Å². The first-order valence-corrected chi connectivity index (χ1v) is 11.5. The predicted octanol–water partition coefficient (Wildman–Crippen LogP) is 4.39. The number of carbonyl (C=O) groups is 2. The summed E-state index contributed by atoms with van der Waals surface area (Å²) in [6.45, 7) is 0.390. The number of phosphoric ester groups is 1. The molecule has 31 heavy (non-hydrogen) atoms. The van der Waals surface area contributed by atoms with E-state index in [0.717, 1.165) is 0 Å². The molecule has 0 radical (unpaired) electrons. The van der Waals surface area contributed by atoms with Crippen LogP contribution in [0.15, 0.2) is 60.7 Å². The maximum atomic E-state index is 11.8. The third-order valence-electron chi connectivity index (χ3n) is 4.07. The maximum Gasteiger partial charge on any atom is 0.472 e. The zero-order chi connectivity index (χ0) is 22.4. The normalized spacial score (nSPS) is 11.1. The lowest BCUT2D eigenvalue weighted by molar-refractivity contribution is 0.0487. The van der Waals surface area contributed by atoms with Gasteiger partial charge in [-0.25, -0.2) is 14.2 Å². The van der Waals surface area contributed by atoms with Crippen LogP contribution in [0.25, 0.3) is 0 Å². The van der Waals surface area contributed by atoms with Crippen LogP contribution in [0.1, 0.15) is 46.4 Å². The first kappa shape index (κ1) is 24.8. The highest BCUT2D eigenvalue weighted by molar-refractivity contribution is 7.47. The summed E-state index contributed by atoms with van der Waals surface area (Å²) in [5.41, 5.74) is 0.948. The van der Waals surface area contributed by atoms with Crippen molar-refractivity contribution < 1.29 is 37.6 Å². The van der Waals surface area contributed by atoms with E-state index in [4.69, 9.17) is 18.5 Å². The lowest BCUT2D eigenvalue weighted by Crippen LogP contribution is -2.07. The third kappa shape index (κ3) is 10.4. The summed E-state index contributed by atoms with van der Waals surface area (Å²) in [5.74, 6) is -0.820. The number of benzene rings is 2. The van der Waals surface area contributed by atoms with Gasteiger partial charge in [0.15, 0.2) is 0 Å². The van der Waals surface area contributed by atoms with E-state index in [1.165, 1.54) is 0 Å². The zero-order valence-electron chi connectivity index (χ0n) is 17.2. The van der Waals surface area contributed by atoms with Crippen LogP contribution in [-0.2, 0) is 23.1 Å². The first-order valence-electron chi connectivity index (χ1n) is 10.0. The quantitative estimate of drug-likeness (QED) is 0.256. The molecule has 2 rings (SSSR count). The van der Waals surface area contributed by atoms with Crippen molar-refractivity contribution in [1.82, 2.24) is 0 Å². The first-order chi connectivity index (χ1) is 15.0. The molecule has 0 aromatic heterocycles. The fourth-order valence-electron chi connectivity index (χ4n) is 2.45. The van der Waals surface area contributed by atoms with Crippen LogP contribution in [-0.4, -0.2) is 43.3 Å². The molecular formula is C22H27O8P. The van der Waals surface area contributed by atoms with Crippen molar-refractivity contribution in [3.63, 3.8) is 0 Å². The number of rotatable bonds is 14. The minimum absolute atomic E-state index is 0.00531. The third-order valence-corrected chi connectivity index (χ3v) is 5.09. The second-order valence-corrected chi connectivity index (χ2v) is 8.01. The van der Waals surface area contributed by atoms with E-state index in [0.29, 0.717) is 36.8 Å². The summed E-state index contributed by atoms with van der Waals surface area (Å²) in [7, 11) is -4.14. The Kier molecular flexibility index (Phi) is 11.0. The van der Waals surface area contributed by atoms with E-state index in [1.54, 1.807) is 48.5 Å². The van der Waals surface area contributed by atoms with Gasteiger partial charge in [0, 0.05) is 0 Å². The van der Waals surface area contributed by atoms with Gasteiger partial charge in [0.1, 0.15) is 0 Å². The minimum atomic E-state index is -4.14. The van der Waals surface area contributed by atoms with Crippen molar-refractivity contribution in [2.75, 3.05) is 26.4 Å². The summed E-state index contributed by atoms with van der Waals surface area (Å²) in [6.07, 6.45) is 1.85. The molecule has 0 amide bonds. The Labute approximate surface area is 181 Å². The van der Waals surface area contributed by atoms with Crippen molar-refractivity contribution in [3.05, 3.63) is 71.8 Å². The molecule has 0 aliphatic heterocycles. The molecule has 0 aliphatic carbocycles. The molecule has 0 aliphatic rings. The van der Waals surface area contributed by atoms with Crippen LogP contribution in [0.4, 0.5) is 0 Å². The molecule has 1 N–H and O–H groups in total. The Morgan fingerprint density at radius 3 is 1.39 bits per heavy atom. The summed E-state index contributed by atoms with van der Waals surface area (Å²) in [5, 5.41) is 0. The van der Waals surface area contributed by atoms with Crippen molar-refractivity contribution in [3.8, 4) is 0 Å². The van der Waals surface area contributed by atoms with Crippen LogP contribution in [0.2, 0.25) is 0 Å². The van der Waals surface area contributed by atoms with Gasteiger partial charge in [-0.15, -0.1) is 0 Å². The number of esters is 2. The second-order valence-electron chi connectivity index (χ2n) is 6.55. The lowest BCUT2D eigenvalue weighted by atomic mass is 10.2. The number of carbonyl (C=O) groups excluding carboxylic acids is 2. The van der Waals surface area contributed by atoms with E-state index in [-0.39, 0.29) is 26.4 Å². The smallest absolute Gasteiger partial charge is 0.462 e. The molecule has 0 saturated heterocycles. The topological polar surface area (TPSA) is 108 Å². The van der Waals surface area contributed by atoms with Gasteiger partial charge in [0.2, 0.25) is 0 Å². The van der Waals surface area contributed by atoms with Crippen LogP contribution >= 0.6 is 7.82 Å². The number of hydrogen-bond acceptors (Lipinski definition) is 7. The number of phosphoric acid groups is 1. The summed E-state index contributed by atoms with van der Waals surface area (Å²) < 4.78 is 31.8. The Bertz CT molecular complexity index is 774. The molecule has 0 fully saturated rings. The van der Waals surface area contributed by atoms with Crippen molar-refractivity contribution in [2.24, 2.45) is 0 Å². The molecule has 2 aromatic rings. The number of ether oxygens (including phenoxy) is 2. The molecule has 0 bridgehead atoms. The Balaban J connectivity index is 1.47. The highest BCUT2D eigenvalue weighted by Crippen LogP contribution is 2.43. The summed E-state index contributed by atoms with van der Waals surface area (Å²) in [4.78, 5) is 33.1. The highest BCUT2D eigenvalue weighted by Gasteiger charge is 2.20. The van der Waals surface area contributed by atoms with Gasteiger partial charge in [-0.3, -0.25) is 9.05 Å². The van der Waals surface area contributed by atoms with E-state index in [1.807, 2.05) is 12.1 Å². The predicted molar refractivity (Wildman–Crippen MR) is 114 cm³/mol. The monoisotopic (exact) mass is 450 g/mol. The van der Waals surface area contributed by atoms with Crippen LogP contribution < -0.4 is 0 Å². The van der Waals surface area contributed by atoms with Gasteiger partial charge in [-0.2, -0.15) is 0 Å². The Morgan fingerprint density at radius 1 is 0.645 bits per heavy atom. The number of hydrogen-bond donors (Lipinski definition) is 1. The van der Waals surface area contributed by atoms with E-state index < -0.39 is 19.8 Å². The van der Waals surface area contributed by atoms with Gasteiger partial charge in [-0.1, -0.05) is 36.4 Å². The largest absolute Gasteiger partial charge is 0.472 e. The zero-order valence-corrected chi connectivity index (χ0v) is 18.1. The molecule has 2 aromatic carbocycles. The van der Waals surface area contributed by atoms with E-state index in [2.05, 4.69) is 0 Å². The molecule has 0 saturated carbocycles. The van der Waals surface area contributed by atoms with Crippen molar-refractivity contribution >= 4 is 19.8 Å². The molecule has 0 atom stereocenters. The fraction of sp³-hybridized carbons (Fsp3) is 0.364. The van der Waals surface area contributed by atoms with E-state index >= 15 is 0 Å². The van der Waals surface area contributed by atoms with Crippen LogP contribution in [0.5, 0.6) is 0 Å².